The Hall–Kier alpha value is -0.120. The number of nitrogens with two attached hydrogens (primary N) is 1. The van der Waals surface area contributed by atoms with E-state index in [0.29, 0.717) is 5.41 Å². The maximum atomic E-state index is 5.89. The third kappa shape index (κ3) is 3.94. The van der Waals surface area contributed by atoms with Crippen LogP contribution in [0.5, 0.6) is 0 Å². The zero-order valence-corrected chi connectivity index (χ0v) is 11.9. The highest BCUT2D eigenvalue weighted by Crippen LogP contribution is 2.31. The van der Waals surface area contributed by atoms with Gasteiger partial charge in [0.05, 0.1) is 0 Å². The van der Waals surface area contributed by atoms with E-state index in [-0.39, 0.29) is 0 Å². The van der Waals surface area contributed by atoms with E-state index in [1.807, 2.05) is 0 Å². The Morgan fingerprint density at radius 1 is 1.17 bits per heavy atom. The van der Waals surface area contributed by atoms with Gasteiger partial charge in [0, 0.05) is 19.8 Å². The van der Waals surface area contributed by atoms with E-state index in [0.717, 1.165) is 44.7 Å². The minimum Gasteiger partial charge on any atom is -0.381 e. The molecule has 2 rings (SSSR count). The van der Waals surface area contributed by atoms with Crippen LogP contribution in [0.4, 0.5) is 0 Å². The van der Waals surface area contributed by atoms with Crippen LogP contribution < -0.4 is 11.1 Å². The van der Waals surface area contributed by atoms with Crippen molar-refractivity contribution in [3.63, 3.8) is 0 Å². The van der Waals surface area contributed by atoms with E-state index >= 15 is 0 Å². The van der Waals surface area contributed by atoms with E-state index < -0.39 is 0 Å². The number of ether oxygens (including phenoxy) is 1. The lowest BCUT2D eigenvalue weighted by atomic mass is 9.78. The standard InChI is InChI=1S/C15H30N2O/c1-15(6-8-18-9-7-15)12-17-11-14-5-3-2-4-13(14)10-16/h13-14,17H,2-12,16H2,1H3. The van der Waals surface area contributed by atoms with Gasteiger partial charge in [0.1, 0.15) is 0 Å². The summed E-state index contributed by atoms with van der Waals surface area (Å²) in [5.41, 5.74) is 6.34. The monoisotopic (exact) mass is 254 g/mol. The minimum atomic E-state index is 0.450. The summed E-state index contributed by atoms with van der Waals surface area (Å²) in [4.78, 5) is 0. The van der Waals surface area contributed by atoms with Crippen LogP contribution in [0.25, 0.3) is 0 Å². The van der Waals surface area contributed by atoms with Crippen molar-refractivity contribution < 1.29 is 4.74 Å². The van der Waals surface area contributed by atoms with E-state index in [1.54, 1.807) is 0 Å². The Balaban J connectivity index is 1.70. The third-order valence-corrected chi connectivity index (χ3v) is 5.03. The maximum Gasteiger partial charge on any atom is 0.0471 e. The maximum absolute atomic E-state index is 5.89. The highest BCUT2D eigenvalue weighted by atomic mass is 16.5. The van der Waals surface area contributed by atoms with Crippen molar-refractivity contribution in [1.82, 2.24) is 5.32 Å². The fraction of sp³-hybridized carbons (Fsp3) is 1.00. The number of nitrogens with one attached hydrogen (secondary N) is 1. The quantitative estimate of drug-likeness (QED) is 0.790. The van der Waals surface area contributed by atoms with Gasteiger partial charge in [-0.25, -0.2) is 0 Å². The second-order valence-electron chi connectivity index (χ2n) is 6.59. The van der Waals surface area contributed by atoms with Crippen molar-refractivity contribution in [3.05, 3.63) is 0 Å². The summed E-state index contributed by atoms with van der Waals surface area (Å²) in [6, 6.07) is 0. The van der Waals surface area contributed by atoms with Crippen LogP contribution in [-0.2, 0) is 4.74 Å². The molecule has 2 unspecified atom stereocenters. The largest absolute Gasteiger partial charge is 0.381 e. The Bertz CT molecular complexity index is 239. The van der Waals surface area contributed by atoms with Gasteiger partial charge >= 0.3 is 0 Å². The molecule has 0 amide bonds. The second-order valence-corrected chi connectivity index (χ2v) is 6.59. The van der Waals surface area contributed by atoms with Crippen molar-refractivity contribution in [2.75, 3.05) is 32.8 Å². The molecule has 0 aromatic heterocycles. The summed E-state index contributed by atoms with van der Waals surface area (Å²) in [7, 11) is 0. The lowest BCUT2D eigenvalue weighted by Gasteiger charge is -2.36. The van der Waals surface area contributed by atoms with Crippen LogP contribution in [0.3, 0.4) is 0 Å². The van der Waals surface area contributed by atoms with Crippen molar-refractivity contribution >= 4 is 0 Å². The molecule has 0 aromatic carbocycles. The summed E-state index contributed by atoms with van der Waals surface area (Å²) in [5, 5.41) is 3.72. The first-order valence-electron chi connectivity index (χ1n) is 7.72. The molecule has 1 aliphatic heterocycles. The smallest absolute Gasteiger partial charge is 0.0471 e. The molecule has 1 saturated carbocycles. The molecular formula is C15H30N2O. The molecule has 0 aromatic rings. The van der Waals surface area contributed by atoms with Gasteiger partial charge in [0.25, 0.3) is 0 Å². The summed E-state index contributed by atoms with van der Waals surface area (Å²) in [6.07, 6.45) is 7.89. The summed E-state index contributed by atoms with van der Waals surface area (Å²) < 4.78 is 5.45. The predicted molar refractivity (Wildman–Crippen MR) is 75.5 cm³/mol. The summed E-state index contributed by atoms with van der Waals surface area (Å²) >= 11 is 0. The number of rotatable bonds is 5. The highest BCUT2D eigenvalue weighted by Gasteiger charge is 2.28. The van der Waals surface area contributed by atoms with E-state index in [4.69, 9.17) is 10.5 Å². The molecule has 2 fully saturated rings. The van der Waals surface area contributed by atoms with Crippen LogP contribution in [0.2, 0.25) is 0 Å². The molecule has 106 valence electrons. The number of hydrogen-bond acceptors (Lipinski definition) is 3. The molecule has 2 aliphatic rings. The van der Waals surface area contributed by atoms with Crippen LogP contribution in [-0.4, -0.2) is 32.8 Å². The highest BCUT2D eigenvalue weighted by molar-refractivity contribution is 4.82. The zero-order valence-electron chi connectivity index (χ0n) is 11.9. The lowest BCUT2D eigenvalue weighted by Crippen LogP contribution is -2.41. The first-order chi connectivity index (χ1) is 8.73. The molecular weight excluding hydrogens is 224 g/mol. The number of hydrogen-bond donors (Lipinski definition) is 2. The van der Waals surface area contributed by atoms with E-state index in [1.165, 1.54) is 38.5 Å². The first-order valence-corrected chi connectivity index (χ1v) is 7.72. The Morgan fingerprint density at radius 3 is 2.50 bits per heavy atom. The van der Waals surface area contributed by atoms with Crippen LogP contribution >= 0.6 is 0 Å². The molecule has 3 nitrogen and oxygen atoms in total. The fourth-order valence-electron chi connectivity index (χ4n) is 3.46. The van der Waals surface area contributed by atoms with Gasteiger partial charge in [-0.1, -0.05) is 19.8 Å². The Morgan fingerprint density at radius 2 is 1.83 bits per heavy atom. The molecule has 1 heterocycles. The third-order valence-electron chi connectivity index (χ3n) is 5.03. The van der Waals surface area contributed by atoms with Crippen molar-refractivity contribution in [2.45, 2.75) is 45.4 Å². The van der Waals surface area contributed by atoms with E-state index in [2.05, 4.69) is 12.2 Å². The molecule has 1 saturated heterocycles. The average Bonchev–Trinajstić information content (AvgIpc) is 2.40. The van der Waals surface area contributed by atoms with Gasteiger partial charge in [-0.2, -0.15) is 0 Å². The average molecular weight is 254 g/mol. The fourth-order valence-corrected chi connectivity index (χ4v) is 3.46. The minimum absolute atomic E-state index is 0.450. The van der Waals surface area contributed by atoms with Gasteiger partial charge in [0.2, 0.25) is 0 Å². The van der Waals surface area contributed by atoms with Gasteiger partial charge in [-0.3, -0.25) is 0 Å². The van der Waals surface area contributed by atoms with Gasteiger partial charge < -0.3 is 15.8 Å². The van der Waals surface area contributed by atoms with Crippen LogP contribution in [0.1, 0.15) is 45.4 Å². The zero-order chi connectivity index (χ0) is 12.8. The van der Waals surface area contributed by atoms with Gasteiger partial charge in [-0.05, 0) is 56.0 Å². The molecule has 3 heteroatoms. The summed E-state index contributed by atoms with van der Waals surface area (Å²) in [5.74, 6) is 1.57. The first kappa shape index (κ1) is 14.3. The van der Waals surface area contributed by atoms with Gasteiger partial charge in [-0.15, -0.1) is 0 Å². The van der Waals surface area contributed by atoms with Gasteiger partial charge in [0.15, 0.2) is 0 Å². The molecule has 0 spiro atoms. The molecule has 3 N–H and O–H groups in total. The van der Waals surface area contributed by atoms with Crippen molar-refractivity contribution in [1.29, 1.82) is 0 Å². The Labute approximate surface area is 112 Å². The molecule has 2 atom stereocenters. The van der Waals surface area contributed by atoms with E-state index in [9.17, 15) is 0 Å². The lowest BCUT2D eigenvalue weighted by molar-refractivity contribution is 0.0232. The van der Waals surface area contributed by atoms with Crippen molar-refractivity contribution in [3.8, 4) is 0 Å². The molecule has 18 heavy (non-hydrogen) atoms. The predicted octanol–water partition coefficient (Wildman–Crippen LogP) is 2.16. The second kappa shape index (κ2) is 6.88. The normalized spacial score (nSPS) is 32.3. The topological polar surface area (TPSA) is 47.3 Å². The molecule has 1 aliphatic carbocycles. The molecule has 0 bridgehead atoms. The van der Waals surface area contributed by atoms with Crippen LogP contribution in [0.15, 0.2) is 0 Å². The molecule has 0 radical (unpaired) electrons. The summed E-state index contributed by atoms with van der Waals surface area (Å²) in [6.45, 7) is 7.45. The Kier molecular flexibility index (Phi) is 5.46. The SMILES string of the molecule is CC1(CNCC2CCCCC2CN)CCOCC1. The van der Waals surface area contributed by atoms with Crippen LogP contribution in [0, 0.1) is 17.3 Å². The van der Waals surface area contributed by atoms with Crippen molar-refractivity contribution in [2.24, 2.45) is 23.0 Å².